The molecule has 0 aromatic carbocycles. The van der Waals surface area contributed by atoms with Crippen LogP contribution in [0.2, 0.25) is 0 Å². The molecule has 0 atom stereocenters. The molecule has 76 valence electrons. The summed E-state index contributed by atoms with van der Waals surface area (Å²) in [7, 11) is 0. The molecule has 2 rings (SSSR count). The smallest absolute Gasteiger partial charge is 0.142 e. The first-order valence-corrected chi connectivity index (χ1v) is 4.79. The van der Waals surface area contributed by atoms with Crippen LogP contribution in [-0.4, -0.2) is 9.38 Å². The third-order valence-electron chi connectivity index (χ3n) is 2.05. The van der Waals surface area contributed by atoms with E-state index in [1.54, 1.807) is 19.3 Å². The summed E-state index contributed by atoms with van der Waals surface area (Å²) in [6.07, 6.45) is 3.43. The van der Waals surface area contributed by atoms with Gasteiger partial charge < -0.3 is 4.40 Å². The Labute approximate surface area is 83.4 Å². The number of halogens is 1. The number of pyridine rings is 1. The first-order chi connectivity index (χ1) is 6.70. The minimum absolute atomic E-state index is 0.201. The van der Waals surface area contributed by atoms with Gasteiger partial charge in [0, 0.05) is 23.7 Å². The molecule has 3 heteroatoms. The fourth-order valence-corrected chi connectivity index (χ4v) is 1.28. The van der Waals surface area contributed by atoms with E-state index in [0.29, 0.717) is 11.2 Å². The van der Waals surface area contributed by atoms with Gasteiger partial charge in [-0.15, -0.1) is 0 Å². The van der Waals surface area contributed by atoms with E-state index in [9.17, 15) is 4.39 Å². The van der Waals surface area contributed by atoms with Crippen molar-refractivity contribution < 1.29 is 4.39 Å². The molecule has 0 aliphatic heterocycles. The van der Waals surface area contributed by atoms with Gasteiger partial charge in [0.25, 0.3) is 0 Å². The fraction of sp³-hybridized carbons (Fsp3) is 0.364. The minimum atomic E-state index is -0.201. The van der Waals surface area contributed by atoms with E-state index >= 15 is 0 Å². The summed E-state index contributed by atoms with van der Waals surface area (Å²) in [4.78, 5) is 4.10. The average molecular weight is 194 g/mol. The van der Waals surface area contributed by atoms with E-state index in [-0.39, 0.29) is 5.82 Å². The number of hydrogen-bond acceptors (Lipinski definition) is 1. The first-order valence-electron chi connectivity index (χ1n) is 4.79. The molecule has 2 aromatic rings. The van der Waals surface area contributed by atoms with Gasteiger partial charge in [-0.2, -0.15) is 0 Å². The SMILES string of the molecule is CC.Cc1c(F)ccn2c(C)cnc12. The zero-order valence-corrected chi connectivity index (χ0v) is 9.00. The van der Waals surface area contributed by atoms with Crippen LogP contribution < -0.4 is 0 Å². The molecule has 2 nitrogen and oxygen atoms in total. The largest absolute Gasteiger partial charge is 0.304 e. The van der Waals surface area contributed by atoms with Crippen LogP contribution in [0, 0.1) is 19.7 Å². The molecule has 2 heterocycles. The zero-order chi connectivity index (χ0) is 10.7. The highest BCUT2D eigenvalue weighted by Gasteiger charge is 2.05. The van der Waals surface area contributed by atoms with Crippen molar-refractivity contribution in [3.05, 3.63) is 35.5 Å². The second kappa shape index (κ2) is 4.22. The topological polar surface area (TPSA) is 17.3 Å². The Kier molecular flexibility index (Phi) is 3.23. The first kappa shape index (κ1) is 10.7. The fourth-order valence-electron chi connectivity index (χ4n) is 1.28. The number of fused-ring (bicyclic) bond motifs is 1. The van der Waals surface area contributed by atoms with Crippen molar-refractivity contribution in [3.8, 4) is 0 Å². The molecule has 2 aromatic heterocycles. The Morgan fingerprint density at radius 2 is 1.93 bits per heavy atom. The number of hydrogen-bond donors (Lipinski definition) is 0. The highest BCUT2D eigenvalue weighted by atomic mass is 19.1. The third kappa shape index (κ3) is 1.62. The van der Waals surface area contributed by atoms with Crippen molar-refractivity contribution in [1.82, 2.24) is 9.38 Å². The van der Waals surface area contributed by atoms with Crippen LogP contribution in [0.1, 0.15) is 25.1 Å². The number of imidazole rings is 1. The molecule has 0 radical (unpaired) electrons. The van der Waals surface area contributed by atoms with Crippen molar-refractivity contribution in [1.29, 1.82) is 0 Å². The monoisotopic (exact) mass is 194 g/mol. The van der Waals surface area contributed by atoms with Crippen LogP contribution >= 0.6 is 0 Å². The third-order valence-corrected chi connectivity index (χ3v) is 2.05. The normalized spacial score (nSPS) is 9.79. The molecule has 14 heavy (non-hydrogen) atoms. The lowest BCUT2D eigenvalue weighted by Crippen LogP contribution is -1.92. The lowest BCUT2D eigenvalue weighted by atomic mass is 10.3. The molecule has 0 aliphatic rings. The van der Waals surface area contributed by atoms with Crippen molar-refractivity contribution in [2.45, 2.75) is 27.7 Å². The molecular weight excluding hydrogens is 179 g/mol. The van der Waals surface area contributed by atoms with E-state index in [1.165, 1.54) is 6.07 Å². The molecule has 0 aliphatic carbocycles. The minimum Gasteiger partial charge on any atom is -0.304 e. The van der Waals surface area contributed by atoms with Gasteiger partial charge in [0.2, 0.25) is 0 Å². The molecule has 0 N–H and O–H groups in total. The highest BCUT2D eigenvalue weighted by Crippen LogP contribution is 2.13. The van der Waals surface area contributed by atoms with Crippen LogP contribution in [0.4, 0.5) is 4.39 Å². The molecule has 0 unspecified atom stereocenters. The van der Waals surface area contributed by atoms with E-state index in [4.69, 9.17) is 0 Å². The summed E-state index contributed by atoms with van der Waals surface area (Å²) >= 11 is 0. The van der Waals surface area contributed by atoms with Crippen LogP contribution in [0.15, 0.2) is 18.5 Å². The summed E-state index contributed by atoms with van der Waals surface area (Å²) in [6, 6.07) is 1.46. The van der Waals surface area contributed by atoms with Crippen LogP contribution in [-0.2, 0) is 0 Å². The van der Waals surface area contributed by atoms with Crippen molar-refractivity contribution >= 4 is 5.65 Å². The lowest BCUT2D eigenvalue weighted by Gasteiger charge is -1.99. The van der Waals surface area contributed by atoms with Gasteiger partial charge in [-0.25, -0.2) is 9.37 Å². The second-order valence-corrected chi connectivity index (χ2v) is 2.88. The molecule has 0 bridgehead atoms. The molecule has 0 amide bonds. The number of nitrogens with zero attached hydrogens (tertiary/aromatic N) is 2. The van der Waals surface area contributed by atoms with Gasteiger partial charge in [-0.1, -0.05) is 13.8 Å². The standard InChI is InChI=1S/C9H9FN2.C2H6/c1-6-5-11-9-7(2)8(10)3-4-12(6)9;1-2/h3-5H,1-2H3;1-2H3. The maximum atomic E-state index is 13.0. The van der Waals surface area contributed by atoms with E-state index in [2.05, 4.69) is 4.98 Å². The quantitative estimate of drug-likeness (QED) is 0.629. The molecular formula is C11H15FN2. The Bertz CT molecular complexity index is 432. The summed E-state index contributed by atoms with van der Waals surface area (Å²) in [5.74, 6) is -0.201. The van der Waals surface area contributed by atoms with Gasteiger partial charge in [-0.3, -0.25) is 0 Å². The number of aromatic nitrogens is 2. The van der Waals surface area contributed by atoms with E-state index in [1.807, 2.05) is 25.2 Å². The van der Waals surface area contributed by atoms with Crippen molar-refractivity contribution in [2.24, 2.45) is 0 Å². The number of aryl methyl sites for hydroxylation is 2. The van der Waals surface area contributed by atoms with Crippen LogP contribution in [0.5, 0.6) is 0 Å². The highest BCUT2D eigenvalue weighted by molar-refractivity contribution is 5.48. The lowest BCUT2D eigenvalue weighted by molar-refractivity contribution is 0.617. The molecule has 0 saturated heterocycles. The number of rotatable bonds is 0. The Balaban J connectivity index is 0.000000461. The predicted molar refractivity (Wildman–Crippen MR) is 56.0 cm³/mol. The predicted octanol–water partition coefficient (Wildman–Crippen LogP) is 3.12. The van der Waals surface area contributed by atoms with Crippen LogP contribution in [0.3, 0.4) is 0 Å². The maximum absolute atomic E-state index is 13.0. The maximum Gasteiger partial charge on any atom is 0.142 e. The van der Waals surface area contributed by atoms with Gasteiger partial charge in [0.1, 0.15) is 11.5 Å². The van der Waals surface area contributed by atoms with Gasteiger partial charge in [0.15, 0.2) is 0 Å². The van der Waals surface area contributed by atoms with E-state index in [0.717, 1.165) is 5.69 Å². The summed E-state index contributed by atoms with van der Waals surface area (Å²) < 4.78 is 14.9. The summed E-state index contributed by atoms with van der Waals surface area (Å²) in [5, 5.41) is 0. The average Bonchev–Trinajstić information content (AvgIpc) is 2.58. The summed E-state index contributed by atoms with van der Waals surface area (Å²) in [6.45, 7) is 7.68. The Morgan fingerprint density at radius 1 is 1.29 bits per heavy atom. The zero-order valence-electron chi connectivity index (χ0n) is 9.00. The summed E-state index contributed by atoms with van der Waals surface area (Å²) in [5.41, 5.74) is 2.33. The van der Waals surface area contributed by atoms with Crippen LogP contribution in [0.25, 0.3) is 5.65 Å². The molecule has 0 fully saturated rings. The van der Waals surface area contributed by atoms with Crippen molar-refractivity contribution in [3.63, 3.8) is 0 Å². The van der Waals surface area contributed by atoms with Gasteiger partial charge >= 0.3 is 0 Å². The van der Waals surface area contributed by atoms with Crippen molar-refractivity contribution in [2.75, 3.05) is 0 Å². The molecule has 0 saturated carbocycles. The van der Waals surface area contributed by atoms with Gasteiger partial charge in [0.05, 0.1) is 0 Å². The molecule has 0 spiro atoms. The Hall–Kier alpha value is -1.38. The van der Waals surface area contributed by atoms with Gasteiger partial charge in [-0.05, 0) is 19.9 Å². The Morgan fingerprint density at radius 3 is 2.57 bits per heavy atom. The van der Waals surface area contributed by atoms with E-state index < -0.39 is 0 Å². The second-order valence-electron chi connectivity index (χ2n) is 2.88.